The number of nitrogens with zero attached hydrogens (tertiary/aromatic N) is 2. The van der Waals surface area contributed by atoms with Gasteiger partial charge in [0.1, 0.15) is 0 Å². The van der Waals surface area contributed by atoms with Crippen molar-refractivity contribution in [2.24, 2.45) is 11.8 Å². The zero-order valence-electron chi connectivity index (χ0n) is 7.79. The van der Waals surface area contributed by atoms with Crippen LogP contribution in [0.25, 0.3) is 0 Å². The molecule has 3 nitrogen and oxygen atoms in total. The first kappa shape index (κ1) is 8.05. The Balaban J connectivity index is 1.98. The Morgan fingerprint density at radius 1 is 1.17 bits per heavy atom. The SMILES string of the molecule is CC(=O)N1C[C@H]2CN(C)C[C@H]2C1. The number of carbonyl (C=O) groups excluding carboxylic acids is 1. The van der Waals surface area contributed by atoms with Gasteiger partial charge in [0.25, 0.3) is 0 Å². The summed E-state index contributed by atoms with van der Waals surface area (Å²) in [5, 5.41) is 0. The van der Waals surface area contributed by atoms with Crippen LogP contribution in [0.4, 0.5) is 0 Å². The fraction of sp³-hybridized carbons (Fsp3) is 0.889. The largest absolute Gasteiger partial charge is 0.342 e. The summed E-state index contributed by atoms with van der Waals surface area (Å²) in [5.41, 5.74) is 0. The third-order valence-electron chi connectivity index (χ3n) is 3.11. The molecule has 2 atom stereocenters. The van der Waals surface area contributed by atoms with Crippen LogP contribution in [-0.4, -0.2) is 48.9 Å². The zero-order chi connectivity index (χ0) is 8.72. The smallest absolute Gasteiger partial charge is 0.219 e. The van der Waals surface area contributed by atoms with Gasteiger partial charge in [0.2, 0.25) is 5.91 Å². The van der Waals surface area contributed by atoms with Crippen molar-refractivity contribution in [1.82, 2.24) is 9.80 Å². The average molecular weight is 168 g/mol. The van der Waals surface area contributed by atoms with E-state index in [2.05, 4.69) is 11.9 Å². The van der Waals surface area contributed by atoms with Crippen LogP contribution in [0.2, 0.25) is 0 Å². The Hall–Kier alpha value is -0.570. The van der Waals surface area contributed by atoms with Gasteiger partial charge in [-0.15, -0.1) is 0 Å². The van der Waals surface area contributed by atoms with Crippen LogP contribution in [-0.2, 0) is 4.79 Å². The topological polar surface area (TPSA) is 23.6 Å². The van der Waals surface area contributed by atoms with E-state index in [0.29, 0.717) is 0 Å². The third kappa shape index (κ3) is 1.22. The van der Waals surface area contributed by atoms with E-state index >= 15 is 0 Å². The lowest BCUT2D eigenvalue weighted by molar-refractivity contribution is -0.128. The van der Waals surface area contributed by atoms with Crippen LogP contribution in [0.15, 0.2) is 0 Å². The third-order valence-corrected chi connectivity index (χ3v) is 3.11. The standard InChI is InChI=1S/C9H16N2O/c1-7(12)11-5-8-3-10(2)4-9(8)6-11/h8-9H,3-6H2,1-2H3/t8-,9+. The summed E-state index contributed by atoms with van der Waals surface area (Å²) in [5.74, 6) is 1.74. The van der Waals surface area contributed by atoms with Crippen molar-refractivity contribution in [3.05, 3.63) is 0 Å². The second-order valence-corrected chi connectivity index (χ2v) is 4.17. The van der Waals surface area contributed by atoms with Crippen molar-refractivity contribution < 1.29 is 4.79 Å². The highest BCUT2D eigenvalue weighted by Crippen LogP contribution is 2.29. The first-order chi connectivity index (χ1) is 5.66. The number of hydrogen-bond acceptors (Lipinski definition) is 2. The molecule has 12 heavy (non-hydrogen) atoms. The predicted octanol–water partition coefficient (Wildman–Crippen LogP) is 0.0263. The molecule has 0 aromatic carbocycles. The first-order valence-electron chi connectivity index (χ1n) is 4.61. The summed E-state index contributed by atoms with van der Waals surface area (Å²) in [6, 6.07) is 0. The van der Waals surface area contributed by atoms with E-state index in [-0.39, 0.29) is 5.91 Å². The molecular weight excluding hydrogens is 152 g/mol. The van der Waals surface area contributed by atoms with Crippen molar-refractivity contribution in [1.29, 1.82) is 0 Å². The Bertz CT molecular complexity index is 191. The van der Waals surface area contributed by atoms with Gasteiger partial charge in [0.15, 0.2) is 0 Å². The molecule has 0 spiro atoms. The molecule has 68 valence electrons. The molecule has 0 N–H and O–H groups in total. The lowest BCUT2D eigenvalue weighted by Crippen LogP contribution is -2.30. The Labute approximate surface area is 73.3 Å². The van der Waals surface area contributed by atoms with Gasteiger partial charge in [0.05, 0.1) is 0 Å². The molecule has 2 heterocycles. The highest BCUT2D eigenvalue weighted by molar-refractivity contribution is 5.73. The summed E-state index contributed by atoms with van der Waals surface area (Å²) in [7, 11) is 2.16. The van der Waals surface area contributed by atoms with Crippen LogP contribution >= 0.6 is 0 Å². The highest BCUT2D eigenvalue weighted by atomic mass is 16.2. The van der Waals surface area contributed by atoms with E-state index in [4.69, 9.17) is 0 Å². The summed E-state index contributed by atoms with van der Waals surface area (Å²) < 4.78 is 0. The molecule has 1 amide bonds. The molecule has 0 bridgehead atoms. The van der Waals surface area contributed by atoms with Crippen LogP contribution < -0.4 is 0 Å². The molecule has 0 aromatic heterocycles. The fourth-order valence-corrected chi connectivity index (χ4v) is 2.48. The molecule has 0 radical (unpaired) electrons. The predicted molar refractivity (Wildman–Crippen MR) is 46.7 cm³/mol. The molecule has 3 heteroatoms. The van der Waals surface area contributed by atoms with Gasteiger partial charge in [-0.25, -0.2) is 0 Å². The van der Waals surface area contributed by atoms with Gasteiger partial charge in [-0.1, -0.05) is 0 Å². The van der Waals surface area contributed by atoms with Crippen molar-refractivity contribution in [2.75, 3.05) is 33.2 Å². The van der Waals surface area contributed by atoms with E-state index in [9.17, 15) is 4.79 Å². The molecule has 2 fully saturated rings. The number of likely N-dealkylation sites (tertiary alicyclic amines) is 2. The molecule has 2 aliphatic heterocycles. The van der Waals surface area contributed by atoms with Crippen molar-refractivity contribution in [2.45, 2.75) is 6.92 Å². The van der Waals surface area contributed by atoms with Crippen molar-refractivity contribution in [3.63, 3.8) is 0 Å². The lowest BCUT2D eigenvalue weighted by atomic mass is 10.0. The molecule has 2 aliphatic rings. The van der Waals surface area contributed by atoms with Gasteiger partial charge in [-0.2, -0.15) is 0 Å². The summed E-state index contributed by atoms with van der Waals surface area (Å²) >= 11 is 0. The molecule has 0 saturated carbocycles. The summed E-state index contributed by atoms with van der Waals surface area (Å²) in [6.45, 7) is 6.00. The molecule has 2 rings (SSSR count). The van der Waals surface area contributed by atoms with Crippen LogP contribution in [0.5, 0.6) is 0 Å². The summed E-state index contributed by atoms with van der Waals surface area (Å²) in [4.78, 5) is 15.4. The Kier molecular flexibility index (Phi) is 1.83. The Morgan fingerprint density at radius 3 is 2.08 bits per heavy atom. The minimum absolute atomic E-state index is 0.243. The molecule has 0 unspecified atom stereocenters. The zero-order valence-corrected chi connectivity index (χ0v) is 7.79. The number of fused-ring (bicyclic) bond motifs is 1. The molecule has 2 saturated heterocycles. The highest BCUT2D eigenvalue weighted by Gasteiger charge is 2.39. The van der Waals surface area contributed by atoms with Gasteiger partial charge in [0, 0.05) is 33.1 Å². The Morgan fingerprint density at radius 2 is 1.67 bits per heavy atom. The van der Waals surface area contributed by atoms with E-state index < -0.39 is 0 Å². The maximum absolute atomic E-state index is 11.1. The van der Waals surface area contributed by atoms with Gasteiger partial charge in [-0.05, 0) is 18.9 Å². The molecule has 0 aromatic rings. The number of carbonyl (C=O) groups is 1. The molecule has 0 aliphatic carbocycles. The molecular formula is C9H16N2O. The first-order valence-corrected chi connectivity index (χ1v) is 4.61. The van der Waals surface area contributed by atoms with Gasteiger partial charge < -0.3 is 9.80 Å². The normalized spacial score (nSPS) is 35.7. The van der Waals surface area contributed by atoms with Crippen LogP contribution in [0.1, 0.15) is 6.92 Å². The van der Waals surface area contributed by atoms with Crippen LogP contribution in [0, 0.1) is 11.8 Å². The second kappa shape index (κ2) is 2.73. The fourth-order valence-electron chi connectivity index (χ4n) is 2.48. The minimum Gasteiger partial charge on any atom is -0.342 e. The van der Waals surface area contributed by atoms with E-state index in [1.54, 1.807) is 6.92 Å². The average Bonchev–Trinajstić information content (AvgIpc) is 2.42. The summed E-state index contributed by atoms with van der Waals surface area (Å²) in [6.07, 6.45) is 0. The maximum atomic E-state index is 11.1. The number of amides is 1. The van der Waals surface area contributed by atoms with E-state index in [1.165, 1.54) is 13.1 Å². The number of hydrogen-bond donors (Lipinski definition) is 0. The minimum atomic E-state index is 0.243. The van der Waals surface area contributed by atoms with Crippen molar-refractivity contribution in [3.8, 4) is 0 Å². The second-order valence-electron chi connectivity index (χ2n) is 4.17. The van der Waals surface area contributed by atoms with Gasteiger partial charge >= 0.3 is 0 Å². The quantitative estimate of drug-likeness (QED) is 0.509. The van der Waals surface area contributed by atoms with E-state index in [0.717, 1.165) is 24.9 Å². The van der Waals surface area contributed by atoms with Crippen LogP contribution in [0.3, 0.4) is 0 Å². The van der Waals surface area contributed by atoms with Gasteiger partial charge in [-0.3, -0.25) is 4.79 Å². The maximum Gasteiger partial charge on any atom is 0.219 e. The lowest BCUT2D eigenvalue weighted by Gasteiger charge is -2.17. The number of rotatable bonds is 0. The van der Waals surface area contributed by atoms with Crippen molar-refractivity contribution >= 4 is 5.91 Å². The monoisotopic (exact) mass is 168 g/mol. The van der Waals surface area contributed by atoms with E-state index in [1.807, 2.05) is 4.90 Å².